The van der Waals surface area contributed by atoms with E-state index in [9.17, 15) is 4.79 Å². The van der Waals surface area contributed by atoms with Gasteiger partial charge in [0.15, 0.2) is 5.78 Å². The largest absolute Gasteiger partial charge is 0.294 e. The number of halogens is 1. The van der Waals surface area contributed by atoms with Crippen LogP contribution in [-0.2, 0) is 6.42 Å². The summed E-state index contributed by atoms with van der Waals surface area (Å²) in [4.78, 5) is 13.3. The van der Waals surface area contributed by atoms with Crippen molar-refractivity contribution < 1.29 is 4.79 Å². The first-order valence-electron chi connectivity index (χ1n) is 5.97. The molecule has 0 saturated heterocycles. The van der Waals surface area contributed by atoms with Gasteiger partial charge in [-0.3, -0.25) is 4.79 Å². The number of rotatable bonds is 3. The predicted molar refractivity (Wildman–Crippen MR) is 84.0 cm³/mol. The highest BCUT2D eigenvalue weighted by Crippen LogP contribution is 2.22. The smallest absolute Gasteiger partial charge is 0.168 e. The van der Waals surface area contributed by atoms with Gasteiger partial charge in [-0.15, -0.1) is 11.3 Å². The summed E-state index contributed by atoms with van der Waals surface area (Å²) in [7, 11) is 0. The molecule has 0 amide bonds. The SMILES string of the molecule is O=C(Cc1cccs1)c1ccc2cc(Br)ccc2c1. The lowest BCUT2D eigenvalue weighted by Crippen LogP contribution is -2.01. The minimum absolute atomic E-state index is 0.173. The topological polar surface area (TPSA) is 17.1 Å². The lowest BCUT2D eigenvalue weighted by molar-refractivity contribution is 0.0994. The zero-order valence-electron chi connectivity index (χ0n) is 10.1. The average Bonchev–Trinajstić information content (AvgIpc) is 2.91. The summed E-state index contributed by atoms with van der Waals surface area (Å²) in [6.45, 7) is 0. The molecule has 0 atom stereocenters. The highest BCUT2D eigenvalue weighted by molar-refractivity contribution is 9.10. The van der Waals surface area contributed by atoms with Crippen molar-refractivity contribution in [1.82, 2.24) is 0 Å². The molecule has 0 unspecified atom stereocenters. The third kappa shape index (κ3) is 2.77. The molecule has 3 rings (SSSR count). The zero-order chi connectivity index (χ0) is 13.2. The summed E-state index contributed by atoms with van der Waals surface area (Å²) in [5.74, 6) is 0.173. The van der Waals surface area contributed by atoms with Crippen molar-refractivity contribution in [2.24, 2.45) is 0 Å². The molecule has 0 fully saturated rings. The Labute approximate surface area is 124 Å². The lowest BCUT2D eigenvalue weighted by atomic mass is 10.0. The minimum atomic E-state index is 0.173. The summed E-state index contributed by atoms with van der Waals surface area (Å²) in [6.07, 6.45) is 0.486. The van der Waals surface area contributed by atoms with E-state index >= 15 is 0 Å². The van der Waals surface area contributed by atoms with E-state index in [1.165, 1.54) is 0 Å². The van der Waals surface area contributed by atoms with E-state index in [1.807, 2.05) is 47.8 Å². The van der Waals surface area contributed by atoms with Crippen LogP contribution in [0.15, 0.2) is 58.4 Å². The number of carbonyl (C=O) groups excluding carboxylic acids is 1. The Morgan fingerprint density at radius 3 is 2.63 bits per heavy atom. The average molecular weight is 331 g/mol. The molecule has 0 bridgehead atoms. The molecule has 0 aliphatic carbocycles. The predicted octanol–water partition coefficient (Wildman–Crippen LogP) is 5.09. The van der Waals surface area contributed by atoms with Crippen LogP contribution in [0.25, 0.3) is 10.8 Å². The summed E-state index contributed by atoms with van der Waals surface area (Å²) in [5.41, 5.74) is 0.781. The quantitative estimate of drug-likeness (QED) is 0.611. The first-order valence-corrected chi connectivity index (χ1v) is 7.64. The van der Waals surface area contributed by atoms with Crippen LogP contribution < -0.4 is 0 Å². The monoisotopic (exact) mass is 330 g/mol. The second-order valence-electron chi connectivity index (χ2n) is 4.39. The van der Waals surface area contributed by atoms with E-state index in [4.69, 9.17) is 0 Å². The zero-order valence-corrected chi connectivity index (χ0v) is 12.5. The number of hydrogen-bond acceptors (Lipinski definition) is 2. The van der Waals surface area contributed by atoms with Gasteiger partial charge in [0.05, 0.1) is 0 Å². The van der Waals surface area contributed by atoms with Crippen LogP contribution in [0.4, 0.5) is 0 Å². The number of benzene rings is 2. The summed E-state index contributed by atoms with van der Waals surface area (Å²) in [5, 5.41) is 4.24. The van der Waals surface area contributed by atoms with Gasteiger partial charge in [0, 0.05) is 21.3 Å². The fourth-order valence-electron chi connectivity index (χ4n) is 2.06. The molecule has 0 aliphatic rings. The Hall–Kier alpha value is -1.45. The van der Waals surface area contributed by atoms with Gasteiger partial charge in [-0.25, -0.2) is 0 Å². The number of ketones is 1. The summed E-state index contributed by atoms with van der Waals surface area (Å²) in [6, 6.07) is 15.9. The molecule has 0 saturated carbocycles. The van der Waals surface area contributed by atoms with Crippen molar-refractivity contribution in [2.45, 2.75) is 6.42 Å². The van der Waals surface area contributed by atoms with Gasteiger partial charge < -0.3 is 0 Å². The molecule has 94 valence electrons. The first-order chi connectivity index (χ1) is 9.22. The van der Waals surface area contributed by atoms with Gasteiger partial charge in [-0.1, -0.05) is 40.2 Å². The maximum Gasteiger partial charge on any atom is 0.168 e. The molecule has 2 aromatic carbocycles. The molecule has 1 heterocycles. The third-order valence-corrected chi connectivity index (χ3v) is 4.41. The third-order valence-electron chi connectivity index (χ3n) is 3.04. The Balaban J connectivity index is 1.92. The van der Waals surface area contributed by atoms with Crippen molar-refractivity contribution >= 4 is 43.8 Å². The second kappa shape index (κ2) is 5.27. The van der Waals surface area contributed by atoms with Crippen LogP contribution >= 0.6 is 27.3 Å². The summed E-state index contributed by atoms with van der Waals surface area (Å²) >= 11 is 5.08. The molecule has 1 nitrogen and oxygen atoms in total. The van der Waals surface area contributed by atoms with Gasteiger partial charge >= 0.3 is 0 Å². The first kappa shape index (κ1) is 12.6. The van der Waals surface area contributed by atoms with E-state index in [-0.39, 0.29) is 5.78 Å². The van der Waals surface area contributed by atoms with Gasteiger partial charge in [0.2, 0.25) is 0 Å². The maximum atomic E-state index is 12.2. The van der Waals surface area contributed by atoms with Crippen molar-refractivity contribution in [2.75, 3.05) is 0 Å². The van der Waals surface area contributed by atoms with Crippen molar-refractivity contribution in [1.29, 1.82) is 0 Å². The summed E-state index contributed by atoms with van der Waals surface area (Å²) < 4.78 is 1.05. The van der Waals surface area contributed by atoms with Gasteiger partial charge in [-0.05, 0) is 40.4 Å². The highest BCUT2D eigenvalue weighted by atomic mass is 79.9. The molecule has 0 radical (unpaired) electrons. The molecule has 1 aromatic heterocycles. The molecular formula is C16H11BrOS. The van der Waals surface area contributed by atoms with Crippen LogP contribution in [-0.4, -0.2) is 5.78 Å². The molecular weight excluding hydrogens is 320 g/mol. The standard InChI is InChI=1S/C16H11BrOS/c17-14-6-5-11-8-13(4-3-12(11)9-14)16(18)10-15-2-1-7-19-15/h1-9H,10H2. The normalized spacial score (nSPS) is 10.8. The van der Waals surface area contributed by atoms with Crippen LogP contribution in [0.1, 0.15) is 15.2 Å². The van der Waals surface area contributed by atoms with E-state index in [0.29, 0.717) is 6.42 Å². The van der Waals surface area contributed by atoms with Crippen LogP contribution in [0.3, 0.4) is 0 Å². The van der Waals surface area contributed by atoms with Crippen LogP contribution in [0.2, 0.25) is 0 Å². The highest BCUT2D eigenvalue weighted by Gasteiger charge is 2.08. The fraction of sp³-hybridized carbons (Fsp3) is 0.0625. The van der Waals surface area contributed by atoms with Crippen molar-refractivity contribution in [3.63, 3.8) is 0 Å². The lowest BCUT2D eigenvalue weighted by Gasteiger charge is -2.03. The van der Waals surface area contributed by atoms with Crippen molar-refractivity contribution in [3.8, 4) is 0 Å². The van der Waals surface area contributed by atoms with E-state index in [1.54, 1.807) is 11.3 Å². The van der Waals surface area contributed by atoms with E-state index in [2.05, 4.69) is 22.0 Å². The Kier molecular flexibility index (Phi) is 3.49. The van der Waals surface area contributed by atoms with Gasteiger partial charge in [0.1, 0.15) is 0 Å². The second-order valence-corrected chi connectivity index (χ2v) is 6.33. The minimum Gasteiger partial charge on any atom is -0.294 e. The number of fused-ring (bicyclic) bond motifs is 1. The molecule has 3 aromatic rings. The number of carbonyl (C=O) groups is 1. The number of Topliss-reactive ketones (excluding diaryl/α,β-unsaturated/α-hetero) is 1. The Morgan fingerprint density at radius 2 is 1.84 bits per heavy atom. The maximum absolute atomic E-state index is 12.2. The Bertz CT molecular complexity index is 732. The van der Waals surface area contributed by atoms with Gasteiger partial charge in [-0.2, -0.15) is 0 Å². The fourth-order valence-corrected chi connectivity index (χ4v) is 3.15. The van der Waals surface area contributed by atoms with E-state index < -0.39 is 0 Å². The van der Waals surface area contributed by atoms with Gasteiger partial charge in [0.25, 0.3) is 0 Å². The Morgan fingerprint density at radius 1 is 1.05 bits per heavy atom. The molecule has 0 spiro atoms. The molecule has 3 heteroatoms. The van der Waals surface area contributed by atoms with Crippen LogP contribution in [0, 0.1) is 0 Å². The van der Waals surface area contributed by atoms with Crippen molar-refractivity contribution in [3.05, 3.63) is 68.8 Å². The molecule has 0 N–H and O–H groups in total. The van der Waals surface area contributed by atoms with Crippen LogP contribution in [0.5, 0.6) is 0 Å². The number of thiophene rings is 1. The number of hydrogen-bond donors (Lipinski definition) is 0. The van der Waals surface area contributed by atoms with E-state index in [0.717, 1.165) is 25.7 Å². The molecule has 19 heavy (non-hydrogen) atoms. The molecule has 0 aliphatic heterocycles.